The van der Waals surface area contributed by atoms with E-state index in [4.69, 9.17) is 18.9 Å². The second kappa shape index (κ2) is 10.1. The van der Waals surface area contributed by atoms with Crippen LogP contribution < -0.4 is 18.9 Å². The number of nitrogens with zero attached hydrogens (tertiary/aromatic N) is 2. The molecule has 0 unspecified atom stereocenters. The van der Waals surface area contributed by atoms with Gasteiger partial charge in [-0.05, 0) is 98.4 Å². The third-order valence-corrected chi connectivity index (χ3v) is 9.99. The Hall–Kier alpha value is -4.40. The maximum Gasteiger partial charge on any atom is 0.216 e. The van der Waals surface area contributed by atoms with Crippen LogP contribution in [0, 0.1) is 0 Å². The summed E-state index contributed by atoms with van der Waals surface area (Å²) in [6, 6.07) is 16.3. The fraction of sp³-hybridized carbons (Fsp3) is 0.333. The molecule has 0 radical (unpaired) electrons. The number of benzene rings is 4. The fourth-order valence-corrected chi connectivity index (χ4v) is 7.59. The van der Waals surface area contributed by atoms with Crippen molar-refractivity contribution in [1.29, 1.82) is 0 Å². The van der Waals surface area contributed by atoms with E-state index in [0.717, 1.165) is 65.1 Å². The van der Waals surface area contributed by atoms with Crippen molar-refractivity contribution in [2.75, 3.05) is 41.4 Å². The van der Waals surface area contributed by atoms with Crippen molar-refractivity contribution in [3.63, 3.8) is 0 Å². The highest BCUT2D eigenvalue weighted by Crippen LogP contribution is 2.60. The highest BCUT2D eigenvalue weighted by Gasteiger charge is 2.39. The summed E-state index contributed by atoms with van der Waals surface area (Å²) in [5, 5.41) is 22.7. The molecule has 8 heteroatoms. The average molecular weight is 593 g/mol. The van der Waals surface area contributed by atoms with Crippen LogP contribution in [0.4, 0.5) is 0 Å². The van der Waals surface area contributed by atoms with Gasteiger partial charge in [0.05, 0.1) is 14.2 Å². The summed E-state index contributed by atoms with van der Waals surface area (Å²) in [7, 11) is 7.49. The molecule has 44 heavy (non-hydrogen) atoms. The summed E-state index contributed by atoms with van der Waals surface area (Å²) in [5.74, 6) is 3.64. The maximum atomic E-state index is 11.5. The first-order valence-corrected chi connectivity index (χ1v) is 15.2. The Balaban J connectivity index is 1.41. The number of ether oxygens (including phenoxy) is 4. The van der Waals surface area contributed by atoms with Crippen molar-refractivity contribution < 1.29 is 29.2 Å². The third-order valence-electron chi connectivity index (χ3n) is 9.99. The maximum absolute atomic E-state index is 11.5. The standard InChI is InChI=1S/C36H36N2O6/c1-37-11-9-21-17-30-31-18-23(21)26(37)15-20-6-8-29(41-3)25(14-20)24-13-19(5-7-28(24)39)16-27-32-22(10-12-38(27)2)33(40)35(42-4)36(44-30)34(32)43-31/h5-8,13-14,17-18,26-27,39-40H,9-12,15-16H2,1-4H3/t26-,27+/m1/s1. The molecule has 4 aliphatic heterocycles. The average Bonchev–Trinajstić information content (AvgIpc) is 3.02. The summed E-state index contributed by atoms with van der Waals surface area (Å²) in [5.41, 5.74) is 7.96. The minimum absolute atomic E-state index is 0.105. The molecule has 4 aliphatic rings. The molecule has 7 bridgehead atoms. The van der Waals surface area contributed by atoms with Crippen molar-refractivity contribution in [2.45, 2.75) is 37.8 Å². The van der Waals surface area contributed by atoms with Gasteiger partial charge in [0.25, 0.3) is 0 Å². The molecule has 0 saturated heterocycles. The number of fused-ring (bicyclic) bond motifs is 5. The van der Waals surface area contributed by atoms with Crippen LogP contribution in [0.3, 0.4) is 0 Å². The lowest BCUT2D eigenvalue weighted by molar-refractivity contribution is 0.214. The van der Waals surface area contributed by atoms with Crippen LogP contribution >= 0.6 is 0 Å². The van der Waals surface area contributed by atoms with Gasteiger partial charge in [-0.2, -0.15) is 0 Å². The summed E-state index contributed by atoms with van der Waals surface area (Å²) >= 11 is 0. The zero-order valence-corrected chi connectivity index (χ0v) is 25.4. The number of rotatable bonds is 2. The van der Waals surface area contributed by atoms with Crippen LogP contribution in [-0.2, 0) is 25.7 Å². The van der Waals surface area contributed by atoms with Gasteiger partial charge in [0, 0.05) is 47.4 Å². The van der Waals surface area contributed by atoms with Crippen LogP contribution in [0.5, 0.6) is 46.0 Å². The lowest BCUT2D eigenvalue weighted by Crippen LogP contribution is -2.34. The molecule has 8 nitrogen and oxygen atoms in total. The van der Waals surface area contributed by atoms with E-state index < -0.39 is 0 Å². The SMILES string of the molecule is COc1ccc2cc1-c1cc(ccc1O)C[C@H]1c3c(c(O)c(OC)c4c3Oc3cc5c(cc3O4)CCN(C)[C@@H]5C2)CCN1C. The number of likely N-dealkylation sites (N-methyl/N-ethyl adjacent to an activating group) is 2. The molecule has 2 atom stereocenters. The van der Waals surface area contributed by atoms with Crippen molar-refractivity contribution >= 4 is 0 Å². The van der Waals surface area contributed by atoms with Gasteiger partial charge in [0.2, 0.25) is 11.5 Å². The first-order chi connectivity index (χ1) is 21.3. The molecule has 2 N–H and O–H groups in total. The molecule has 4 heterocycles. The van der Waals surface area contributed by atoms with Gasteiger partial charge in [-0.15, -0.1) is 0 Å². The van der Waals surface area contributed by atoms with Gasteiger partial charge in [0.15, 0.2) is 23.0 Å². The Morgan fingerprint density at radius 1 is 0.750 bits per heavy atom. The largest absolute Gasteiger partial charge is 0.507 e. The normalized spacial score (nSPS) is 20.1. The Morgan fingerprint density at radius 2 is 1.43 bits per heavy atom. The second-order valence-corrected chi connectivity index (χ2v) is 12.4. The van der Waals surface area contributed by atoms with Crippen molar-refractivity contribution in [2.24, 2.45) is 0 Å². The lowest BCUT2D eigenvalue weighted by atomic mass is 9.85. The van der Waals surface area contributed by atoms with Gasteiger partial charge in [0.1, 0.15) is 11.5 Å². The fourth-order valence-electron chi connectivity index (χ4n) is 7.59. The number of phenols is 2. The molecule has 4 aromatic carbocycles. The van der Waals surface area contributed by atoms with E-state index in [-0.39, 0.29) is 23.6 Å². The van der Waals surface area contributed by atoms with Gasteiger partial charge >= 0.3 is 0 Å². The predicted octanol–water partition coefficient (Wildman–Crippen LogP) is 6.54. The van der Waals surface area contributed by atoms with E-state index in [0.29, 0.717) is 41.6 Å². The minimum atomic E-state index is -0.121. The van der Waals surface area contributed by atoms with E-state index in [9.17, 15) is 10.2 Å². The van der Waals surface area contributed by atoms with E-state index in [1.807, 2.05) is 12.1 Å². The number of hydrogen-bond acceptors (Lipinski definition) is 8. The predicted molar refractivity (Wildman–Crippen MR) is 167 cm³/mol. The molecule has 0 fully saturated rings. The van der Waals surface area contributed by atoms with Gasteiger partial charge in [-0.1, -0.05) is 12.1 Å². The van der Waals surface area contributed by atoms with Gasteiger partial charge in [-0.3, -0.25) is 9.80 Å². The number of hydrogen-bond donors (Lipinski definition) is 2. The molecule has 0 aliphatic carbocycles. The van der Waals surface area contributed by atoms with Crippen LogP contribution in [0.1, 0.15) is 45.5 Å². The summed E-state index contributed by atoms with van der Waals surface area (Å²) in [4.78, 5) is 4.69. The first-order valence-electron chi connectivity index (χ1n) is 15.2. The Kier molecular flexibility index (Phi) is 6.22. The van der Waals surface area contributed by atoms with Crippen LogP contribution in [0.15, 0.2) is 48.5 Å². The van der Waals surface area contributed by atoms with E-state index >= 15 is 0 Å². The molecule has 0 amide bonds. The molecular formula is C36H36N2O6. The molecular weight excluding hydrogens is 556 g/mol. The monoisotopic (exact) mass is 592 g/mol. The number of aromatic hydroxyl groups is 2. The lowest BCUT2D eigenvalue weighted by Gasteiger charge is -2.39. The van der Waals surface area contributed by atoms with Crippen LogP contribution in [-0.4, -0.2) is 61.4 Å². The van der Waals surface area contributed by atoms with Crippen molar-refractivity contribution in [3.8, 4) is 57.1 Å². The van der Waals surface area contributed by atoms with E-state index in [2.05, 4.69) is 54.2 Å². The second-order valence-electron chi connectivity index (χ2n) is 12.4. The first kappa shape index (κ1) is 27.2. The summed E-state index contributed by atoms with van der Waals surface area (Å²) in [6.07, 6.45) is 2.95. The topological polar surface area (TPSA) is 83.9 Å². The quantitative estimate of drug-likeness (QED) is 0.239. The van der Waals surface area contributed by atoms with Gasteiger partial charge < -0.3 is 29.2 Å². The zero-order chi connectivity index (χ0) is 30.3. The highest BCUT2D eigenvalue weighted by atomic mass is 16.6. The van der Waals surface area contributed by atoms with Gasteiger partial charge in [-0.25, -0.2) is 0 Å². The zero-order valence-electron chi connectivity index (χ0n) is 25.4. The number of phenolic OH excluding ortho intramolecular Hbond substituents is 2. The Morgan fingerprint density at radius 3 is 2.23 bits per heavy atom. The number of methoxy groups -OCH3 is 2. The molecule has 0 saturated carbocycles. The molecule has 0 spiro atoms. The molecule has 4 aromatic rings. The molecule has 226 valence electrons. The Labute approximate surface area is 257 Å². The van der Waals surface area contributed by atoms with Crippen LogP contribution in [0.2, 0.25) is 0 Å². The Bertz CT molecular complexity index is 1830. The summed E-state index contributed by atoms with van der Waals surface area (Å²) in [6.45, 7) is 1.66. The third kappa shape index (κ3) is 4.04. The molecule has 8 rings (SSSR count). The van der Waals surface area contributed by atoms with Crippen molar-refractivity contribution in [1.82, 2.24) is 9.80 Å². The van der Waals surface area contributed by atoms with E-state index in [1.54, 1.807) is 20.3 Å². The van der Waals surface area contributed by atoms with Crippen LogP contribution in [0.25, 0.3) is 11.1 Å². The summed E-state index contributed by atoms with van der Waals surface area (Å²) < 4.78 is 25.0. The minimum Gasteiger partial charge on any atom is -0.507 e. The molecule has 0 aromatic heterocycles. The van der Waals surface area contributed by atoms with E-state index in [1.165, 1.54) is 11.1 Å². The smallest absolute Gasteiger partial charge is 0.216 e. The highest BCUT2D eigenvalue weighted by molar-refractivity contribution is 5.77. The van der Waals surface area contributed by atoms with Crippen molar-refractivity contribution in [3.05, 3.63) is 81.9 Å².